The monoisotopic (exact) mass is 434 g/mol. The number of carbonyl (C=O) groups is 1. The van der Waals surface area contributed by atoms with Crippen LogP contribution in [0.2, 0.25) is 0 Å². The fourth-order valence-corrected chi connectivity index (χ4v) is 7.42. The minimum Gasteiger partial charge on any atom is -0.504 e. The number of likely N-dealkylation sites (tertiary alicyclic amines) is 1. The van der Waals surface area contributed by atoms with Crippen LogP contribution in [0.15, 0.2) is 41.2 Å². The van der Waals surface area contributed by atoms with Gasteiger partial charge in [0.15, 0.2) is 11.5 Å². The van der Waals surface area contributed by atoms with Crippen molar-refractivity contribution in [3.8, 4) is 11.5 Å². The maximum atomic E-state index is 13.1. The third kappa shape index (κ3) is 2.36. The van der Waals surface area contributed by atoms with Crippen LogP contribution in [-0.4, -0.2) is 59.6 Å². The number of nitrogens with zero attached hydrogens (tertiary/aromatic N) is 2. The predicted molar refractivity (Wildman–Crippen MR) is 121 cm³/mol. The van der Waals surface area contributed by atoms with Crippen molar-refractivity contribution < 1.29 is 19.1 Å². The number of aromatic hydroxyl groups is 1. The number of rotatable bonds is 3. The van der Waals surface area contributed by atoms with Crippen molar-refractivity contribution in [2.75, 3.05) is 20.6 Å². The molecule has 1 saturated heterocycles. The topological polar surface area (TPSA) is 66.2 Å². The number of furan rings is 1. The first-order chi connectivity index (χ1) is 15.4. The number of amides is 1. The lowest BCUT2D eigenvalue weighted by Crippen LogP contribution is -2.73. The first-order valence-corrected chi connectivity index (χ1v) is 11.6. The van der Waals surface area contributed by atoms with E-state index in [0.29, 0.717) is 11.8 Å². The Labute approximate surface area is 188 Å². The van der Waals surface area contributed by atoms with E-state index in [1.807, 2.05) is 18.0 Å². The summed E-state index contributed by atoms with van der Waals surface area (Å²) >= 11 is 0. The van der Waals surface area contributed by atoms with E-state index in [1.54, 1.807) is 30.7 Å². The number of hydrogen-bond acceptors (Lipinski definition) is 5. The van der Waals surface area contributed by atoms with Crippen LogP contribution in [0.3, 0.4) is 0 Å². The number of phenolic OH excluding ortho intramolecular Hbond substituents is 1. The Balaban J connectivity index is 1.42. The summed E-state index contributed by atoms with van der Waals surface area (Å²) in [7, 11) is 4.12. The number of ether oxygens (including phenoxy) is 1. The second kappa shape index (κ2) is 6.64. The molecule has 0 radical (unpaired) electrons. The van der Waals surface area contributed by atoms with Gasteiger partial charge in [-0.1, -0.05) is 13.0 Å². The normalized spacial score (nSPS) is 34.9. The van der Waals surface area contributed by atoms with Crippen molar-refractivity contribution in [3.05, 3.63) is 53.5 Å². The third-order valence-electron chi connectivity index (χ3n) is 9.07. The van der Waals surface area contributed by atoms with E-state index in [0.717, 1.165) is 37.8 Å². The summed E-state index contributed by atoms with van der Waals surface area (Å²) < 4.78 is 11.7. The quantitative estimate of drug-likeness (QED) is 0.748. The predicted octanol–water partition coefficient (Wildman–Crippen LogP) is 3.58. The van der Waals surface area contributed by atoms with Crippen LogP contribution in [0.25, 0.3) is 6.08 Å². The average molecular weight is 435 g/mol. The summed E-state index contributed by atoms with van der Waals surface area (Å²) in [5.41, 5.74) is 3.24. The summed E-state index contributed by atoms with van der Waals surface area (Å²) in [5.74, 6) is 0.837. The fraction of sp³-hybridized carbons (Fsp3) is 0.500. The Kier molecular flexibility index (Phi) is 4.13. The molecule has 2 fully saturated rings. The molecule has 1 aromatic carbocycles. The van der Waals surface area contributed by atoms with Gasteiger partial charge in [0.05, 0.1) is 18.6 Å². The number of benzene rings is 1. The van der Waals surface area contributed by atoms with E-state index in [9.17, 15) is 9.90 Å². The molecule has 2 aliphatic carbocycles. The summed E-state index contributed by atoms with van der Waals surface area (Å²) in [6.45, 7) is 3.42. The van der Waals surface area contributed by atoms with Gasteiger partial charge in [0.2, 0.25) is 5.91 Å². The molecule has 6 nitrogen and oxygen atoms in total. The Hall–Kier alpha value is -2.73. The van der Waals surface area contributed by atoms with Gasteiger partial charge in [-0.05, 0) is 68.5 Å². The second-order valence-corrected chi connectivity index (χ2v) is 10.3. The zero-order valence-electron chi connectivity index (χ0n) is 18.9. The molecule has 4 aliphatic rings. The molecule has 1 N–H and O–H groups in total. The van der Waals surface area contributed by atoms with Gasteiger partial charge >= 0.3 is 0 Å². The standard InChI is InChI=1S/C26H30N2O4/c1-25-10-8-18(28(3)21(30)7-4-16-9-13-31-15-16)24-26(25)11-12-27(2)20(25)14-17-5-6-19(29)23(32-24)22(17)26/h4-7,9,13,15,18,20,24,29H,8,10-12,14H2,1-3H3/b7-4+/t18?,20-,24?,25+,26+/m1/s1. The van der Waals surface area contributed by atoms with E-state index < -0.39 is 0 Å². The van der Waals surface area contributed by atoms with Crippen molar-refractivity contribution in [1.82, 2.24) is 9.80 Å². The zero-order chi connectivity index (χ0) is 22.3. The molecular weight excluding hydrogens is 404 g/mol. The molecule has 32 heavy (non-hydrogen) atoms. The van der Waals surface area contributed by atoms with Gasteiger partial charge in [-0.2, -0.15) is 0 Å². The summed E-state index contributed by atoms with van der Waals surface area (Å²) in [6.07, 6.45) is 10.3. The SMILES string of the molecule is CN(C(=O)/C=C/c1ccoc1)C1CC[C@@]2(C)[C@H]3Cc4ccc(O)c5c4[C@@]2(CCN3C)C1O5. The molecule has 6 rings (SSSR count). The molecule has 6 heteroatoms. The van der Waals surface area contributed by atoms with Crippen molar-refractivity contribution in [3.63, 3.8) is 0 Å². The maximum absolute atomic E-state index is 13.1. The Morgan fingerprint density at radius 1 is 1.31 bits per heavy atom. The smallest absolute Gasteiger partial charge is 0.246 e. The molecule has 5 atom stereocenters. The molecule has 1 spiro atoms. The fourth-order valence-electron chi connectivity index (χ4n) is 7.42. The first kappa shape index (κ1) is 19.9. The Morgan fingerprint density at radius 2 is 2.16 bits per heavy atom. The lowest BCUT2D eigenvalue weighted by molar-refractivity contribution is -0.148. The number of hydrogen-bond donors (Lipinski definition) is 1. The Bertz CT molecular complexity index is 1110. The minimum atomic E-state index is -0.183. The highest BCUT2D eigenvalue weighted by Gasteiger charge is 2.71. The lowest BCUT2D eigenvalue weighted by atomic mass is 9.43. The van der Waals surface area contributed by atoms with Crippen molar-refractivity contribution >= 4 is 12.0 Å². The van der Waals surface area contributed by atoms with Crippen LogP contribution >= 0.6 is 0 Å². The van der Waals surface area contributed by atoms with Crippen LogP contribution in [0.1, 0.15) is 42.9 Å². The van der Waals surface area contributed by atoms with E-state index in [-0.39, 0.29) is 34.6 Å². The summed E-state index contributed by atoms with van der Waals surface area (Å²) in [5, 5.41) is 10.7. The van der Waals surface area contributed by atoms with E-state index in [1.165, 1.54) is 11.1 Å². The average Bonchev–Trinajstić information content (AvgIpc) is 3.41. The van der Waals surface area contributed by atoms with Gasteiger partial charge in [0.25, 0.3) is 0 Å². The molecule has 1 aromatic heterocycles. The van der Waals surface area contributed by atoms with Crippen LogP contribution in [0, 0.1) is 5.41 Å². The minimum absolute atomic E-state index is 0.0412. The van der Waals surface area contributed by atoms with Gasteiger partial charge in [0, 0.05) is 35.7 Å². The van der Waals surface area contributed by atoms with Crippen LogP contribution in [0.5, 0.6) is 11.5 Å². The van der Waals surface area contributed by atoms with Gasteiger partial charge in [-0.25, -0.2) is 0 Å². The highest BCUT2D eigenvalue weighted by molar-refractivity contribution is 5.91. The highest BCUT2D eigenvalue weighted by atomic mass is 16.5. The maximum Gasteiger partial charge on any atom is 0.246 e. The van der Waals surface area contributed by atoms with Crippen molar-refractivity contribution in [1.29, 1.82) is 0 Å². The number of carbonyl (C=O) groups excluding carboxylic acids is 1. The molecule has 2 aromatic rings. The molecule has 2 aliphatic heterocycles. The number of piperidine rings is 1. The Morgan fingerprint density at radius 3 is 2.94 bits per heavy atom. The summed E-state index contributed by atoms with van der Waals surface area (Å²) in [6, 6.07) is 6.08. The van der Waals surface area contributed by atoms with Crippen LogP contribution in [0.4, 0.5) is 0 Å². The van der Waals surface area contributed by atoms with Gasteiger partial charge in [0.1, 0.15) is 6.10 Å². The van der Waals surface area contributed by atoms with Gasteiger partial charge < -0.3 is 24.1 Å². The van der Waals surface area contributed by atoms with E-state index >= 15 is 0 Å². The largest absolute Gasteiger partial charge is 0.504 e. The molecule has 1 amide bonds. The van der Waals surface area contributed by atoms with E-state index in [4.69, 9.17) is 9.15 Å². The second-order valence-electron chi connectivity index (χ2n) is 10.3. The molecule has 1 saturated carbocycles. The summed E-state index contributed by atoms with van der Waals surface area (Å²) in [4.78, 5) is 17.5. The number of phenols is 1. The molecule has 168 valence electrons. The molecule has 2 unspecified atom stereocenters. The zero-order valence-corrected chi connectivity index (χ0v) is 18.9. The van der Waals surface area contributed by atoms with Crippen LogP contribution < -0.4 is 4.74 Å². The van der Waals surface area contributed by atoms with E-state index in [2.05, 4.69) is 24.9 Å². The molecule has 3 heterocycles. The van der Waals surface area contributed by atoms with Gasteiger partial charge in [-0.3, -0.25) is 4.79 Å². The molecular formula is C26H30N2O4. The molecule has 2 bridgehead atoms. The lowest BCUT2D eigenvalue weighted by Gasteiger charge is -2.65. The van der Waals surface area contributed by atoms with Crippen molar-refractivity contribution in [2.45, 2.75) is 56.2 Å². The van der Waals surface area contributed by atoms with Gasteiger partial charge in [-0.15, -0.1) is 0 Å². The first-order valence-electron chi connectivity index (χ1n) is 11.6. The van der Waals surface area contributed by atoms with Crippen molar-refractivity contribution in [2.24, 2.45) is 5.41 Å². The highest BCUT2D eigenvalue weighted by Crippen LogP contribution is 2.69. The third-order valence-corrected chi connectivity index (χ3v) is 9.07. The van der Waals surface area contributed by atoms with Crippen LogP contribution in [-0.2, 0) is 16.6 Å². The number of likely N-dealkylation sites (N-methyl/N-ethyl adjacent to an activating group) is 2.